The Hall–Kier alpha value is -0.420. The first-order chi connectivity index (χ1) is 8.53. The van der Waals surface area contributed by atoms with Gasteiger partial charge in [-0.05, 0) is 37.6 Å². The van der Waals surface area contributed by atoms with E-state index in [0.29, 0.717) is 13.0 Å². The standard InChI is InChI=1S/C14H22BrNO2/c1-14(17,6-7-16-8-9-18-2)11-12-4-3-5-13(15)10-12/h3-5,10,16-17H,6-9,11H2,1-2H3. The number of aliphatic hydroxyl groups is 1. The van der Waals surface area contributed by atoms with Gasteiger partial charge in [0.05, 0.1) is 12.2 Å². The monoisotopic (exact) mass is 315 g/mol. The molecule has 3 nitrogen and oxygen atoms in total. The predicted octanol–water partition coefficient (Wildman–Crippen LogP) is 2.37. The lowest BCUT2D eigenvalue weighted by Gasteiger charge is -2.23. The van der Waals surface area contributed by atoms with Gasteiger partial charge in [0.25, 0.3) is 0 Å². The number of hydrogen-bond donors (Lipinski definition) is 2. The van der Waals surface area contributed by atoms with E-state index in [-0.39, 0.29) is 0 Å². The maximum absolute atomic E-state index is 10.3. The molecule has 1 aromatic rings. The fourth-order valence-electron chi connectivity index (χ4n) is 1.83. The van der Waals surface area contributed by atoms with Crippen molar-refractivity contribution in [1.82, 2.24) is 5.32 Å². The smallest absolute Gasteiger partial charge is 0.0672 e. The molecule has 0 saturated carbocycles. The molecule has 0 aliphatic carbocycles. The van der Waals surface area contributed by atoms with Crippen molar-refractivity contribution in [3.63, 3.8) is 0 Å². The quantitative estimate of drug-likeness (QED) is 0.724. The van der Waals surface area contributed by atoms with E-state index in [1.165, 1.54) is 0 Å². The summed E-state index contributed by atoms with van der Waals surface area (Å²) in [5, 5.41) is 13.6. The summed E-state index contributed by atoms with van der Waals surface area (Å²) >= 11 is 3.44. The molecule has 102 valence electrons. The molecule has 0 bridgehead atoms. The third kappa shape index (κ3) is 6.50. The third-order valence-electron chi connectivity index (χ3n) is 2.80. The van der Waals surface area contributed by atoms with Gasteiger partial charge in [-0.2, -0.15) is 0 Å². The second kappa shape index (κ2) is 7.89. The molecule has 0 heterocycles. The van der Waals surface area contributed by atoms with Crippen molar-refractivity contribution in [2.75, 3.05) is 26.8 Å². The fraction of sp³-hybridized carbons (Fsp3) is 0.571. The molecule has 1 atom stereocenters. The van der Waals surface area contributed by atoms with Gasteiger partial charge in [-0.3, -0.25) is 0 Å². The van der Waals surface area contributed by atoms with Crippen LogP contribution in [0, 0.1) is 0 Å². The van der Waals surface area contributed by atoms with E-state index in [2.05, 4.69) is 21.2 Å². The average molecular weight is 316 g/mol. The van der Waals surface area contributed by atoms with Crippen LogP contribution in [0.2, 0.25) is 0 Å². The lowest BCUT2D eigenvalue weighted by Crippen LogP contribution is -2.33. The van der Waals surface area contributed by atoms with E-state index in [9.17, 15) is 5.11 Å². The van der Waals surface area contributed by atoms with Gasteiger partial charge in [-0.15, -0.1) is 0 Å². The number of methoxy groups -OCH3 is 1. The number of ether oxygens (including phenoxy) is 1. The Morgan fingerprint density at radius 1 is 1.39 bits per heavy atom. The van der Waals surface area contributed by atoms with E-state index in [0.717, 1.165) is 29.5 Å². The van der Waals surface area contributed by atoms with E-state index < -0.39 is 5.60 Å². The van der Waals surface area contributed by atoms with E-state index in [1.807, 2.05) is 31.2 Å². The number of halogens is 1. The fourth-order valence-corrected chi connectivity index (χ4v) is 2.28. The molecular weight excluding hydrogens is 294 g/mol. The highest BCUT2D eigenvalue weighted by Crippen LogP contribution is 2.19. The van der Waals surface area contributed by atoms with Crippen molar-refractivity contribution in [2.24, 2.45) is 0 Å². The first kappa shape index (κ1) is 15.6. The van der Waals surface area contributed by atoms with Gasteiger partial charge in [0.2, 0.25) is 0 Å². The number of hydrogen-bond acceptors (Lipinski definition) is 3. The number of benzene rings is 1. The van der Waals surface area contributed by atoms with Gasteiger partial charge < -0.3 is 15.2 Å². The molecule has 0 spiro atoms. The van der Waals surface area contributed by atoms with Crippen LogP contribution in [0.4, 0.5) is 0 Å². The minimum Gasteiger partial charge on any atom is -0.390 e. The summed E-state index contributed by atoms with van der Waals surface area (Å²) in [6.45, 7) is 4.20. The highest BCUT2D eigenvalue weighted by atomic mass is 79.9. The lowest BCUT2D eigenvalue weighted by atomic mass is 9.93. The van der Waals surface area contributed by atoms with Gasteiger partial charge in [0, 0.05) is 24.5 Å². The summed E-state index contributed by atoms with van der Waals surface area (Å²) < 4.78 is 6.00. The second-order valence-corrected chi connectivity index (χ2v) is 5.71. The highest BCUT2D eigenvalue weighted by molar-refractivity contribution is 9.10. The van der Waals surface area contributed by atoms with Crippen LogP contribution in [0.3, 0.4) is 0 Å². The number of rotatable bonds is 8. The van der Waals surface area contributed by atoms with Crippen molar-refractivity contribution in [3.05, 3.63) is 34.3 Å². The Morgan fingerprint density at radius 3 is 2.83 bits per heavy atom. The van der Waals surface area contributed by atoms with E-state index >= 15 is 0 Å². The normalized spacial score (nSPS) is 14.4. The summed E-state index contributed by atoms with van der Waals surface area (Å²) in [6, 6.07) is 8.07. The van der Waals surface area contributed by atoms with Crippen LogP contribution in [-0.4, -0.2) is 37.5 Å². The van der Waals surface area contributed by atoms with Gasteiger partial charge in [0.15, 0.2) is 0 Å². The molecular formula is C14H22BrNO2. The third-order valence-corrected chi connectivity index (χ3v) is 3.29. The zero-order chi connectivity index (χ0) is 13.4. The summed E-state index contributed by atoms with van der Waals surface area (Å²) in [7, 11) is 1.69. The second-order valence-electron chi connectivity index (χ2n) is 4.80. The van der Waals surface area contributed by atoms with Crippen LogP contribution in [0.5, 0.6) is 0 Å². The molecule has 1 unspecified atom stereocenters. The summed E-state index contributed by atoms with van der Waals surface area (Å²) in [5.41, 5.74) is 0.465. The zero-order valence-electron chi connectivity index (χ0n) is 11.1. The Bertz CT molecular complexity index is 355. The Balaban J connectivity index is 2.34. The highest BCUT2D eigenvalue weighted by Gasteiger charge is 2.20. The van der Waals surface area contributed by atoms with Crippen LogP contribution in [-0.2, 0) is 11.2 Å². The zero-order valence-corrected chi connectivity index (χ0v) is 12.7. The Kier molecular flexibility index (Phi) is 6.86. The molecule has 0 aromatic heterocycles. The Labute approximate surface area is 118 Å². The molecule has 2 N–H and O–H groups in total. The van der Waals surface area contributed by atoms with Crippen LogP contribution in [0.1, 0.15) is 18.9 Å². The van der Waals surface area contributed by atoms with E-state index in [4.69, 9.17) is 4.74 Å². The van der Waals surface area contributed by atoms with Crippen LogP contribution < -0.4 is 5.32 Å². The van der Waals surface area contributed by atoms with Crippen LogP contribution >= 0.6 is 15.9 Å². The minimum absolute atomic E-state index is 0.665. The molecule has 0 amide bonds. The molecule has 18 heavy (non-hydrogen) atoms. The maximum atomic E-state index is 10.3. The molecule has 0 aliphatic rings. The largest absolute Gasteiger partial charge is 0.390 e. The average Bonchev–Trinajstić information content (AvgIpc) is 2.28. The van der Waals surface area contributed by atoms with Crippen molar-refractivity contribution in [1.29, 1.82) is 0 Å². The maximum Gasteiger partial charge on any atom is 0.0672 e. The van der Waals surface area contributed by atoms with Gasteiger partial charge >= 0.3 is 0 Å². The lowest BCUT2D eigenvalue weighted by molar-refractivity contribution is 0.0510. The molecule has 1 aromatic carbocycles. The van der Waals surface area contributed by atoms with Crippen LogP contribution in [0.25, 0.3) is 0 Å². The van der Waals surface area contributed by atoms with Crippen LogP contribution in [0.15, 0.2) is 28.7 Å². The SMILES string of the molecule is COCCNCCC(C)(O)Cc1cccc(Br)c1. The Morgan fingerprint density at radius 2 is 2.17 bits per heavy atom. The molecule has 1 rings (SSSR count). The van der Waals surface area contributed by atoms with Gasteiger partial charge in [0.1, 0.15) is 0 Å². The van der Waals surface area contributed by atoms with Gasteiger partial charge in [-0.1, -0.05) is 28.1 Å². The first-order valence-electron chi connectivity index (χ1n) is 6.20. The molecule has 0 saturated heterocycles. The summed E-state index contributed by atoms with van der Waals surface area (Å²) in [6.07, 6.45) is 1.39. The molecule has 4 heteroatoms. The number of nitrogens with one attached hydrogen (secondary N) is 1. The molecule has 0 aliphatic heterocycles. The van der Waals surface area contributed by atoms with Crippen molar-refractivity contribution in [3.8, 4) is 0 Å². The van der Waals surface area contributed by atoms with Gasteiger partial charge in [-0.25, -0.2) is 0 Å². The first-order valence-corrected chi connectivity index (χ1v) is 6.99. The van der Waals surface area contributed by atoms with Crippen molar-refractivity contribution < 1.29 is 9.84 Å². The summed E-state index contributed by atoms with van der Waals surface area (Å²) in [5.74, 6) is 0. The minimum atomic E-state index is -0.680. The molecule has 0 fully saturated rings. The summed E-state index contributed by atoms with van der Waals surface area (Å²) in [4.78, 5) is 0. The van der Waals surface area contributed by atoms with Crippen molar-refractivity contribution >= 4 is 15.9 Å². The van der Waals surface area contributed by atoms with E-state index in [1.54, 1.807) is 7.11 Å². The topological polar surface area (TPSA) is 41.5 Å². The predicted molar refractivity (Wildman–Crippen MR) is 77.8 cm³/mol. The molecule has 0 radical (unpaired) electrons. The van der Waals surface area contributed by atoms with Crippen molar-refractivity contribution in [2.45, 2.75) is 25.4 Å².